The number of hydrogen-bond donors (Lipinski definition) is 0. The molecule has 1 spiro atoms. The van der Waals surface area contributed by atoms with Crippen LogP contribution in [0.2, 0.25) is 0 Å². The third-order valence-electron chi connectivity index (χ3n) is 6.62. The Morgan fingerprint density at radius 3 is 2.58 bits per heavy atom. The molecule has 33 heavy (non-hydrogen) atoms. The highest BCUT2D eigenvalue weighted by atomic mass is 32.2. The summed E-state index contributed by atoms with van der Waals surface area (Å²) >= 11 is 1.32. The lowest BCUT2D eigenvalue weighted by Gasteiger charge is -2.40. The third kappa shape index (κ3) is 4.34. The Morgan fingerprint density at radius 1 is 1.18 bits per heavy atom. The van der Waals surface area contributed by atoms with E-state index in [4.69, 9.17) is 14.0 Å². The molecule has 5 rings (SSSR count). The summed E-state index contributed by atoms with van der Waals surface area (Å²) in [6, 6.07) is 1.61. The molecule has 12 heteroatoms. The number of ether oxygens (including phenoxy) is 2. The van der Waals surface area contributed by atoms with Gasteiger partial charge >= 0.3 is 0 Å². The summed E-state index contributed by atoms with van der Waals surface area (Å²) in [5.41, 5.74) is 0. The van der Waals surface area contributed by atoms with E-state index >= 15 is 0 Å². The first-order valence-corrected chi connectivity index (χ1v) is 13.5. The van der Waals surface area contributed by atoms with Crippen LogP contribution < -0.4 is 0 Å². The van der Waals surface area contributed by atoms with Crippen molar-refractivity contribution in [2.45, 2.75) is 50.2 Å². The van der Waals surface area contributed by atoms with Gasteiger partial charge in [0.15, 0.2) is 5.79 Å². The molecular weight excluding hydrogens is 468 g/mol. The third-order valence-corrected chi connectivity index (χ3v) is 9.79. The molecule has 3 aliphatic rings. The highest BCUT2D eigenvalue weighted by Gasteiger charge is 2.43. The van der Waals surface area contributed by atoms with Crippen molar-refractivity contribution >= 4 is 27.3 Å². The van der Waals surface area contributed by atoms with Crippen molar-refractivity contribution in [2.75, 3.05) is 39.4 Å². The van der Waals surface area contributed by atoms with Gasteiger partial charge in [0.05, 0.1) is 28.9 Å². The maximum absolute atomic E-state index is 13.5. The number of rotatable bonds is 4. The fourth-order valence-electron chi connectivity index (χ4n) is 4.84. The number of sulfonamides is 1. The van der Waals surface area contributed by atoms with Crippen LogP contribution in [-0.4, -0.2) is 78.9 Å². The van der Waals surface area contributed by atoms with Crippen LogP contribution in [0.25, 0.3) is 10.7 Å². The molecule has 0 saturated carbocycles. The summed E-state index contributed by atoms with van der Waals surface area (Å²) in [5.74, 6) is -0.0529. The van der Waals surface area contributed by atoms with Gasteiger partial charge in [0.25, 0.3) is 0 Å². The van der Waals surface area contributed by atoms with Crippen molar-refractivity contribution < 1.29 is 27.2 Å². The molecule has 1 atom stereocenters. The van der Waals surface area contributed by atoms with E-state index in [-0.39, 0.29) is 23.3 Å². The summed E-state index contributed by atoms with van der Waals surface area (Å²) < 4.78 is 44.9. The first kappa shape index (κ1) is 22.9. The Morgan fingerprint density at radius 2 is 1.91 bits per heavy atom. The second-order valence-corrected chi connectivity index (χ2v) is 12.0. The Labute approximate surface area is 196 Å². The van der Waals surface area contributed by atoms with Gasteiger partial charge in [-0.25, -0.2) is 8.42 Å². The molecule has 180 valence electrons. The summed E-state index contributed by atoms with van der Waals surface area (Å²) in [4.78, 5) is 20.8. The lowest BCUT2D eigenvalue weighted by atomic mass is 9.96. The van der Waals surface area contributed by atoms with Crippen molar-refractivity contribution in [2.24, 2.45) is 5.92 Å². The summed E-state index contributed by atoms with van der Waals surface area (Å²) in [7, 11) is -3.74. The van der Waals surface area contributed by atoms with Gasteiger partial charge in [-0.2, -0.15) is 9.29 Å². The number of likely N-dealkylation sites (tertiary alicyclic amines) is 1. The molecule has 2 aromatic rings. The molecular formula is C21H28N4O6S2. The molecule has 3 aliphatic heterocycles. The van der Waals surface area contributed by atoms with Crippen molar-refractivity contribution in [3.63, 3.8) is 0 Å². The van der Waals surface area contributed by atoms with Crippen molar-refractivity contribution in [3.8, 4) is 10.7 Å². The Balaban J connectivity index is 1.28. The highest BCUT2D eigenvalue weighted by molar-refractivity contribution is 7.89. The van der Waals surface area contributed by atoms with E-state index in [0.29, 0.717) is 80.0 Å². The van der Waals surface area contributed by atoms with Gasteiger partial charge in [-0.3, -0.25) is 4.79 Å². The van der Waals surface area contributed by atoms with Crippen LogP contribution >= 0.6 is 11.3 Å². The number of carbonyl (C=O) groups is 1. The zero-order valence-electron chi connectivity index (χ0n) is 18.8. The summed E-state index contributed by atoms with van der Waals surface area (Å²) in [6.45, 7) is 6.40. The molecule has 5 heterocycles. The van der Waals surface area contributed by atoms with E-state index in [1.165, 1.54) is 15.6 Å². The van der Waals surface area contributed by atoms with Gasteiger partial charge < -0.3 is 18.9 Å². The number of thiophene rings is 1. The van der Waals surface area contributed by atoms with E-state index in [1.807, 2.05) is 4.90 Å². The molecule has 0 unspecified atom stereocenters. The van der Waals surface area contributed by atoms with E-state index in [9.17, 15) is 13.2 Å². The number of piperidine rings is 2. The van der Waals surface area contributed by atoms with Gasteiger partial charge in [-0.05, 0) is 25.8 Å². The minimum atomic E-state index is -3.74. The van der Waals surface area contributed by atoms with Crippen LogP contribution in [0.15, 0.2) is 15.5 Å². The maximum atomic E-state index is 13.5. The second-order valence-electron chi connectivity index (χ2n) is 8.80. The van der Waals surface area contributed by atoms with Gasteiger partial charge in [0.1, 0.15) is 0 Å². The number of carbonyl (C=O) groups excluding carboxylic acids is 1. The minimum absolute atomic E-state index is 0.0211. The predicted octanol–water partition coefficient (Wildman–Crippen LogP) is 2.18. The second kappa shape index (κ2) is 8.73. The van der Waals surface area contributed by atoms with Gasteiger partial charge in [0, 0.05) is 50.8 Å². The quantitative estimate of drug-likeness (QED) is 0.633. The van der Waals surface area contributed by atoms with E-state index in [1.54, 1.807) is 19.9 Å². The van der Waals surface area contributed by atoms with Gasteiger partial charge in [-0.15, -0.1) is 11.3 Å². The SMILES string of the molecule is Cc1nc(-c2cc(S(=O)(=O)N3CCC[C@@H](C(=O)N4CCC5(CC4)OCCO5)C3)c(C)s2)no1. The lowest BCUT2D eigenvalue weighted by Crippen LogP contribution is -2.51. The van der Waals surface area contributed by atoms with Crippen LogP contribution in [0.4, 0.5) is 0 Å². The van der Waals surface area contributed by atoms with Crippen LogP contribution in [0.1, 0.15) is 36.5 Å². The minimum Gasteiger partial charge on any atom is -0.347 e. The standard InChI is InChI=1S/C21H28N4O6S2/c1-14-18(12-17(32-14)19-22-15(2)31-23-19)33(27,28)25-7-3-4-16(13-25)20(26)24-8-5-21(6-9-24)29-10-11-30-21/h12,16H,3-11,13H2,1-2H3/t16-/m1/s1. The average Bonchev–Trinajstić information content (AvgIpc) is 3.54. The number of hydrogen-bond acceptors (Lipinski definition) is 9. The van der Waals surface area contributed by atoms with Crippen LogP contribution in [0.5, 0.6) is 0 Å². The molecule has 1 amide bonds. The van der Waals surface area contributed by atoms with Gasteiger partial charge in [0.2, 0.25) is 27.6 Å². The molecule has 0 aliphatic carbocycles. The fourth-order valence-corrected chi connectivity index (χ4v) is 7.85. The molecule has 10 nitrogen and oxygen atoms in total. The Hall–Kier alpha value is -1.86. The fraction of sp³-hybridized carbons (Fsp3) is 0.667. The lowest BCUT2D eigenvalue weighted by molar-refractivity contribution is -0.188. The molecule has 0 aromatic carbocycles. The summed E-state index contributed by atoms with van der Waals surface area (Å²) in [5, 5.41) is 3.90. The van der Waals surface area contributed by atoms with Crippen LogP contribution in [-0.2, 0) is 24.3 Å². The molecule has 0 radical (unpaired) electrons. The monoisotopic (exact) mass is 496 g/mol. The molecule has 0 bridgehead atoms. The largest absolute Gasteiger partial charge is 0.347 e. The van der Waals surface area contributed by atoms with Crippen molar-refractivity contribution in [1.29, 1.82) is 0 Å². The number of nitrogens with zero attached hydrogens (tertiary/aromatic N) is 4. The maximum Gasteiger partial charge on any atom is 0.244 e. The Kier molecular flexibility index (Phi) is 6.06. The first-order chi connectivity index (χ1) is 15.8. The van der Waals surface area contributed by atoms with E-state index < -0.39 is 15.8 Å². The predicted molar refractivity (Wildman–Crippen MR) is 119 cm³/mol. The molecule has 0 N–H and O–H groups in total. The van der Waals surface area contributed by atoms with E-state index in [0.717, 1.165) is 0 Å². The molecule has 3 fully saturated rings. The number of aryl methyl sites for hydroxylation is 2. The smallest absolute Gasteiger partial charge is 0.244 e. The van der Waals surface area contributed by atoms with Crippen LogP contribution in [0.3, 0.4) is 0 Å². The Bertz CT molecular complexity index is 1130. The van der Waals surface area contributed by atoms with Crippen molar-refractivity contribution in [1.82, 2.24) is 19.3 Å². The highest BCUT2D eigenvalue weighted by Crippen LogP contribution is 2.36. The molecule has 3 saturated heterocycles. The first-order valence-electron chi connectivity index (χ1n) is 11.3. The van der Waals surface area contributed by atoms with Gasteiger partial charge in [-0.1, -0.05) is 5.16 Å². The number of amides is 1. The molecule has 2 aromatic heterocycles. The van der Waals surface area contributed by atoms with Crippen molar-refractivity contribution in [3.05, 3.63) is 16.8 Å². The van der Waals surface area contributed by atoms with Crippen LogP contribution in [0, 0.1) is 19.8 Å². The average molecular weight is 497 g/mol. The zero-order valence-corrected chi connectivity index (χ0v) is 20.4. The van der Waals surface area contributed by atoms with E-state index in [2.05, 4.69) is 10.1 Å². The zero-order chi connectivity index (χ0) is 23.2. The topological polar surface area (TPSA) is 115 Å². The number of aromatic nitrogens is 2. The normalized spacial score (nSPS) is 23.9. The summed E-state index contributed by atoms with van der Waals surface area (Å²) in [6.07, 6.45) is 2.65.